The lowest BCUT2D eigenvalue weighted by molar-refractivity contribution is 0.164. The standard InChI is InChI=1S/C15H23FN2/c1-12-10-17-8-5-9-18(11-12)13(2)14-6-3-4-7-15(14)16/h3-4,6-7,12-13,17H,5,8-11H2,1-2H3. The molecule has 1 saturated heterocycles. The van der Waals surface area contributed by atoms with Gasteiger partial charge in [-0.1, -0.05) is 25.1 Å². The van der Waals surface area contributed by atoms with Crippen LogP contribution in [-0.4, -0.2) is 31.1 Å². The van der Waals surface area contributed by atoms with Gasteiger partial charge in [-0.05, 0) is 45.0 Å². The molecule has 2 unspecified atom stereocenters. The number of halogens is 1. The molecular formula is C15H23FN2. The van der Waals surface area contributed by atoms with Crippen LogP contribution in [0.4, 0.5) is 4.39 Å². The molecule has 1 aromatic rings. The van der Waals surface area contributed by atoms with Gasteiger partial charge >= 0.3 is 0 Å². The van der Waals surface area contributed by atoms with Crippen LogP contribution in [0, 0.1) is 11.7 Å². The van der Waals surface area contributed by atoms with Crippen molar-refractivity contribution in [3.63, 3.8) is 0 Å². The molecule has 1 heterocycles. The van der Waals surface area contributed by atoms with Crippen molar-refractivity contribution in [3.05, 3.63) is 35.6 Å². The van der Waals surface area contributed by atoms with E-state index in [0.717, 1.165) is 38.2 Å². The third kappa shape index (κ3) is 3.30. The second kappa shape index (κ2) is 6.30. The van der Waals surface area contributed by atoms with E-state index < -0.39 is 0 Å². The van der Waals surface area contributed by atoms with Crippen molar-refractivity contribution in [2.45, 2.75) is 26.3 Å². The lowest BCUT2D eigenvalue weighted by Crippen LogP contribution is -2.40. The van der Waals surface area contributed by atoms with Crippen molar-refractivity contribution in [2.75, 3.05) is 26.2 Å². The predicted molar refractivity (Wildman–Crippen MR) is 73.0 cm³/mol. The first-order valence-corrected chi connectivity index (χ1v) is 6.87. The van der Waals surface area contributed by atoms with Crippen molar-refractivity contribution in [1.82, 2.24) is 10.2 Å². The summed E-state index contributed by atoms with van der Waals surface area (Å²) in [7, 11) is 0. The maximum atomic E-state index is 13.8. The van der Waals surface area contributed by atoms with Gasteiger partial charge in [0, 0.05) is 18.2 Å². The van der Waals surface area contributed by atoms with E-state index in [-0.39, 0.29) is 11.9 Å². The second-order valence-electron chi connectivity index (χ2n) is 5.36. The summed E-state index contributed by atoms with van der Waals surface area (Å²) in [5, 5.41) is 3.45. The Kier molecular flexibility index (Phi) is 4.72. The Morgan fingerprint density at radius 3 is 2.94 bits per heavy atom. The third-order valence-electron chi connectivity index (χ3n) is 3.74. The molecule has 0 amide bonds. The Bertz CT molecular complexity index is 381. The maximum Gasteiger partial charge on any atom is 0.127 e. The minimum absolute atomic E-state index is 0.0853. The highest BCUT2D eigenvalue weighted by Crippen LogP contribution is 2.24. The van der Waals surface area contributed by atoms with Crippen LogP contribution >= 0.6 is 0 Å². The van der Waals surface area contributed by atoms with E-state index in [1.54, 1.807) is 12.1 Å². The molecule has 1 aromatic carbocycles. The quantitative estimate of drug-likeness (QED) is 0.868. The fraction of sp³-hybridized carbons (Fsp3) is 0.600. The molecule has 1 fully saturated rings. The average molecular weight is 250 g/mol. The lowest BCUT2D eigenvalue weighted by atomic mass is 10.0. The van der Waals surface area contributed by atoms with E-state index in [2.05, 4.69) is 24.1 Å². The van der Waals surface area contributed by atoms with E-state index in [1.807, 2.05) is 12.1 Å². The van der Waals surface area contributed by atoms with Crippen LogP contribution < -0.4 is 5.32 Å². The van der Waals surface area contributed by atoms with Gasteiger partial charge in [-0.2, -0.15) is 0 Å². The van der Waals surface area contributed by atoms with Crippen LogP contribution in [0.25, 0.3) is 0 Å². The molecule has 0 aromatic heterocycles. The van der Waals surface area contributed by atoms with Crippen molar-refractivity contribution < 1.29 is 4.39 Å². The predicted octanol–water partition coefficient (Wildman–Crippen LogP) is 2.82. The number of nitrogens with zero attached hydrogens (tertiary/aromatic N) is 1. The van der Waals surface area contributed by atoms with Crippen molar-refractivity contribution in [1.29, 1.82) is 0 Å². The molecule has 1 aliphatic rings. The molecular weight excluding hydrogens is 227 g/mol. The van der Waals surface area contributed by atoms with Gasteiger partial charge < -0.3 is 5.32 Å². The molecule has 0 bridgehead atoms. The summed E-state index contributed by atoms with van der Waals surface area (Å²) in [5.74, 6) is 0.525. The molecule has 100 valence electrons. The molecule has 3 heteroatoms. The van der Waals surface area contributed by atoms with Crippen LogP contribution in [0.5, 0.6) is 0 Å². The van der Waals surface area contributed by atoms with E-state index in [1.165, 1.54) is 0 Å². The highest BCUT2D eigenvalue weighted by molar-refractivity contribution is 5.20. The minimum Gasteiger partial charge on any atom is -0.316 e. The summed E-state index contributed by atoms with van der Waals surface area (Å²) in [6.07, 6.45) is 1.13. The van der Waals surface area contributed by atoms with Crippen LogP contribution in [0.3, 0.4) is 0 Å². The summed E-state index contributed by atoms with van der Waals surface area (Å²) >= 11 is 0. The van der Waals surface area contributed by atoms with Crippen molar-refractivity contribution >= 4 is 0 Å². The van der Waals surface area contributed by atoms with Gasteiger partial charge in [-0.25, -0.2) is 4.39 Å². The molecule has 1 N–H and O–H groups in total. The first-order valence-electron chi connectivity index (χ1n) is 6.87. The SMILES string of the molecule is CC1CNCCCN(C(C)c2ccccc2F)C1. The van der Waals surface area contributed by atoms with Crippen LogP contribution in [0.2, 0.25) is 0 Å². The Hall–Kier alpha value is -0.930. The van der Waals surface area contributed by atoms with Gasteiger partial charge in [0.2, 0.25) is 0 Å². The van der Waals surface area contributed by atoms with Crippen LogP contribution in [0.1, 0.15) is 31.9 Å². The summed E-state index contributed by atoms with van der Waals surface area (Å²) in [5.41, 5.74) is 0.818. The van der Waals surface area contributed by atoms with Crippen molar-refractivity contribution in [3.8, 4) is 0 Å². The second-order valence-corrected chi connectivity index (χ2v) is 5.36. The molecule has 18 heavy (non-hydrogen) atoms. The topological polar surface area (TPSA) is 15.3 Å². The Balaban J connectivity index is 2.10. The summed E-state index contributed by atoms with van der Waals surface area (Å²) < 4.78 is 13.8. The van der Waals surface area contributed by atoms with Gasteiger partial charge in [0.1, 0.15) is 5.82 Å². The largest absolute Gasteiger partial charge is 0.316 e. The van der Waals surface area contributed by atoms with Gasteiger partial charge in [0.05, 0.1) is 0 Å². The number of rotatable bonds is 2. The molecule has 0 radical (unpaired) electrons. The number of nitrogens with one attached hydrogen (secondary N) is 1. The minimum atomic E-state index is -0.0853. The fourth-order valence-corrected chi connectivity index (χ4v) is 2.67. The average Bonchev–Trinajstić information content (AvgIpc) is 2.33. The molecule has 1 aliphatic heterocycles. The third-order valence-corrected chi connectivity index (χ3v) is 3.74. The van der Waals surface area contributed by atoms with Crippen LogP contribution in [-0.2, 0) is 0 Å². The molecule has 0 saturated carbocycles. The van der Waals surface area contributed by atoms with E-state index >= 15 is 0 Å². The highest BCUT2D eigenvalue weighted by Gasteiger charge is 2.21. The van der Waals surface area contributed by atoms with E-state index in [9.17, 15) is 4.39 Å². The summed E-state index contributed by atoms with van der Waals surface area (Å²) in [6, 6.07) is 7.30. The molecule has 2 nitrogen and oxygen atoms in total. The smallest absolute Gasteiger partial charge is 0.127 e. The van der Waals surface area contributed by atoms with Crippen molar-refractivity contribution in [2.24, 2.45) is 5.92 Å². The summed E-state index contributed by atoms with van der Waals surface area (Å²) in [6.45, 7) is 8.54. The monoisotopic (exact) mass is 250 g/mol. The first-order chi connectivity index (χ1) is 8.68. The number of benzene rings is 1. The van der Waals surface area contributed by atoms with Gasteiger partial charge in [0.25, 0.3) is 0 Å². The zero-order chi connectivity index (χ0) is 13.0. The highest BCUT2D eigenvalue weighted by atomic mass is 19.1. The molecule has 0 spiro atoms. The number of hydrogen-bond donors (Lipinski definition) is 1. The Morgan fingerprint density at radius 1 is 1.39 bits per heavy atom. The van der Waals surface area contributed by atoms with Crippen LogP contribution in [0.15, 0.2) is 24.3 Å². The van der Waals surface area contributed by atoms with Gasteiger partial charge in [-0.3, -0.25) is 4.90 Å². The number of hydrogen-bond acceptors (Lipinski definition) is 2. The zero-order valence-electron chi connectivity index (χ0n) is 11.3. The lowest BCUT2D eigenvalue weighted by Gasteiger charge is -2.33. The van der Waals surface area contributed by atoms with Gasteiger partial charge in [-0.15, -0.1) is 0 Å². The molecule has 2 atom stereocenters. The fourth-order valence-electron chi connectivity index (χ4n) is 2.67. The molecule has 2 rings (SSSR count). The Labute approximate surface area is 109 Å². The van der Waals surface area contributed by atoms with Gasteiger partial charge in [0.15, 0.2) is 0 Å². The van der Waals surface area contributed by atoms with E-state index in [4.69, 9.17) is 0 Å². The van der Waals surface area contributed by atoms with E-state index in [0.29, 0.717) is 5.92 Å². The summed E-state index contributed by atoms with van der Waals surface area (Å²) in [4.78, 5) is 2.41. The molecule has 0 aliphatic carbocycles. The first kappa shape index (κ1) is 13.5. The maximum absolute atomic E-state index is 13.8. The normalized spacial score (nSPS) is 24.3. The zero-order valence-corrected chi connectivity index (χ0v) is 11.3. The Morgan fingerprint density at radius 2 is 2.17 bits per heavy atom.